The number of aromatic nitrogens is 2. The van der Waals surface area contributed by atoms with Crippen LogP contribution in [-0.4, -0.2) is 27.1 Å². The Kier molecular flexibility index (Phi) is 7.48. The van der Waals surface area contributed by atoms with Crippen molar-refractivity contribution in [1.82, 2.24) is 14.9 Å². The molecule has 1 amide bonds. The van der Waals surface area contributed by atoms with Crippen LogP contribution in [0.5, 0.6) is 17.2 Å². The molecule has 0 bridgehead atoms. The average Bonchev–Trinajstić information content (AvgIpc) is 3.16. The molecule has 2 N–H and O–H groups in total. The maximum absolute atomic E-state index is 11.0. The van der Waals surface area contributed by atoms with E-state index in [1.165, 1.54) is 0 Å². The first kappa shape index (κ1) is 23.4. The smallest absolute Gasteiger partial charge is 0.216 e. The van der Waals surface area contributed by atoms with Gasteiger partial charge in [-0.2, -0.15) is 0 Å². The van der Waals surface area contributed by atoms with E-state index in [2.05, 4.69) is 33.1 Å². The van der Waals surface area contributed by atoms with Crippen molar-refractivity contribution in [2.45, 2.75) is 46.1 Å². The van der Waals surface area contributed by atoms with E-state index in [0.717, 1.165) is 66.5 Å². The van der Waals surface area contributed by atoms with Gasteiger partial charge in [-0.1, -0.05) is 43.2 Å². The maximum Gasteiger partial charge on any atom is 0.216 e. The van der Waals surface area contributed by atoms with E-state index >= 15 is 0 Å². The summed E-state index contributed by atoms with van der Waals surface area (Å²) in [7, 11) is 0. The number of ether oxygens (including phenoxy) is 1. The van der Waals surface area contributed by atoms with Crippen molar-refractivity contribution in [3.63, 3.8) is 0 Å². The zero-order chi connectivity index (χ0) is 23.9. The van der Waals surface area contributed by atoms with Crippen LogP contribution in [0.1, 0.15) is 38.2 Å². The minimum absolute atomic E-state index is 0.0223. The Morgan fingerprint density at radius 2 is 1.82 bits per heavy atom. The molecule has 0 radical (unpaired) electrons. The zero-order valence-electron chi connectivity index (χ0n) is 19.8. The number of amides is 1. The van der Waals surface area contributed by atoms with Crippen LogP contribution in [-0.2, 0) is 11.3 Å². The van der Waals surface area contributed by atoms with Crippen LogP contribution in [0, 0.1) is 6.92 Å². The predicted octanol–water partition coefficient (Wildman–Crippen LogP) is 6.21. The highest BCUT2D eigenvalue weighted by atomic mass is 16.5. The second-order valence-electron chi connectivity index (χ2n) is 8.62. The first-order chi connectivity index (χ1) is 16.5. The zero-order valence-corrected chi connectivity index (χ0v) is 19.8. The summed E-state index contributed by atoms with van der Waals surface area (Å²) in [6, 6.07) is 18.0. The van der Waals surface area contributed by atoms with Gasteiger partial charge in [-0.05, 0) is 49.1 Å². The third kappa shape index (κ3) is 5.76. The van der Waals surface area contributed by atoms with Crippen LogP contribution in [0.4, 0.5) is 0 Å². The number of unbranched alkanes of at least 4 members (excludes halogenated alkanes) is 3. The summed E-state index contributed by atoms with van der Waals surface area (Å²) in [5, 5.41) is 14.5. The average molecular weight is 458 g/mol. The van der Waals surface area contributed by atoms with Crippen molar-refractivity contribution >= 4 is 16.8 Å². The van der Waals surface area contributed by atoms with Crippen LogP contribution in [0.25, 0.3) is 22.2 Å². The van der Waals surface area contributed by atoms with Gasteiger partial charge in [-0.15, -0.1) is 0 Å². The maximum atomic E-state index is 11.0. The van der Waals surface area contributed by atoms with Gasteiger partial charge in [0.2, 0.25) is 5.91 Å². The number of carbonyl (C=O) groups excluding carboxylic acids is 1. The molecule has 2 aromatic carbocycles. The first-order valence-electron chi connectivity index (χ1n) is 11.8. The largest absolute Gasteiger partial charge is 0.504 e. The molecule has 0 aliphatic rings. The number of carbonyl (C=O) groups is 1. The molecule has 6 nitrogen and oxygen atoms in total. The van der Waals surface area contributed by atoms with Crippen LogP contribution >= 0.6 is 0 Å². The highest BCUT2D eigenvalue weighted by Crippen LogP contribution is 2.38. The quantitative estimate of drug-likeness (QED) is 0.278. The van der Waals surface area contributed by atoms with E-state index in [1.807, 2.05) is 37.3 Å². The number of pyridine rings is 1. The molecule has 4 aromatic rings. The number of nitrogens with zero attached hydrogens (tertiary/aromatic N) is 2. The van der Waals surface area contributed by atoms with Crippen molar-refractivity contribution in [1.29, 1.82) is 0 Å². The molecule has 0 fully saturated rings. The summed E-state index contributed by atoms with van der Waals surface area (Å²) in [6.07, 6.45) is 7.55. The molecule has 176 valence electrons. The monoisotopic (exact) mass is 457 g/mol. The van der Waals surface area contributed by atoms with Crippen LogP contribution < -0.4 is 10.1 Å². The lowest BCUT2D eigenvalue weighted by Crippen LogP contribution is -2.20. The van der Waals surface area contributed by atoms with Crippen molar-refractivity contribution in [2.24, 2.45) is 0 Å². The molecule has 2 aromatic heterocycles. The third-order valence-corrected chi connectivity index (χ3v) is 5.81. The number of phenolic OH excluding ortho intramolecular Hbond substituents is 1. The lowest BCUT2D eigenvalue weighted by Gasteiger charge is -2.13. The molecule has 0 saturated carbocycles. The molecule has 6 heteroatoms. The number of fused-ring (bicyclic) bond motifs is 1. The number of aryl methyl sites for hydroxylation is 2. The Hall–Kier alpha value is -3.80. The molecule has 0 spiro atoms. The van der Waals surface area contributed by atoms with Crippen molar-refractivity contribution in [2.75, 3.05) is 6.54 Å². The fourth-order valence-electron chi connectivity index (χ4n) is 4.17. The molecular formula is C28H31N3O3. The number of rotatable bonds is 10. The minimum atomic E-state index is 0.0223. The van der Waals surface area contributed by atoms with Gasteiger partial charge in [0, 0.05) is 43.4 Å². The number of nitrogens with one attached hydrogen (secondary N) is 1. The molecule has 0 saturated heterocycles. The summed E-state index contributed by atoms with van der Waals surface area (Å²) in [4.78, 5) is 15.2. The van der Waals surface area contributed by atoms with Crippen molar-refractivity contribution < 1.29 is 14.6 Å². The van der Waals surface area contributed by atoms with Gasteiger partial charge in [0.25, 0.3) is 0 Å². The summed E-state index contributed by atoms with van der Waals surface area (Å²) in [5.74, 6) is 1.13. The molecule has 0 aliphatic carbocycles. The van der Waals surface area contributed by atoms with Gasteiger partial charge in [-0.3, -0.25) is 9.78 Å². The van der Waals surface area contributed by atoms with Gasteiger partial charge in [0.05, 0.1) is 11.7 Å². The Labute approximate surface area is 200 Å². The summed E-state index contributed by atoms with van der Waals surface area (Å²) >= 11 is 0. The van der Waals surface area contributed by atoms with E-state index in [9.17, 15) is 9.90 Å². The summed E-state index contributed by atoms with van der Waals surface area (Å²) in [6.45, 7) is 5.08. The highest BCUT2D eigenvalue weighted by Gasteiger charge is 2.15. The Balaban J connectivity index is 1.59. The molecule has 0 atom stereocenters. The minimum Gasteiger partial charge on any atom is -0.504 e. The van der Waals surface area contributed by atoms with Crippen molar-refractivity contribution in [3.05, 3.63) is 72.6 Å². The van der Waals surface area contributed by atoms with E-state index in [-0.39, 0.29) is 11.7 Å². The molecule has 0 unspecified atom stereocenters. The number of hydrogen-bond donors (Lipinski definition) is 2. The number of hydrogen-bond acceptors (Lipinski definition) is 4. The fourth-order valence-corrected chi connectivity index (χ4v) is 4.17. The van der Waals surface area contributed by atoms with Gasteiger partial charge in [0.15, 0.2) is 11.5 Å². The van der Waals surface area contributed by atoms with Gasteiger partial charge < -0.3 is 19.7 Å². The number of phenols is 1. The Bertz CT molecular complexity index is 1260. The summed E-state index contributed by atoms with van der Waals surface area (Å²) in [5.41, 5.74) is 4.26. The van der Waals surface area contributed by atoms with Gasteiger partial charge >= 0.3 is 0 Å². The SMILES string of the molecule is CC(=O)NCCCCCCn1c(-c2ccccc2)cc2cc(O)c(Oc3cncc(C)c3)cc21. The van der Waals surface area contributed by atoms with Gasteiger partial charge in [-0.25, -0.2) is 0 Å². The molecule has 34 heavy (non-hydrogen) atoms. The Morgan fingerprint density at radius 3 is 2.59 bits per heavy atom. The summed E-state index contributed by atoms with van der Waals surface area (Å²) < 4.78 is 8.30. The standard InChI is InChI=1S/C28H31N3O3/c1-20-14-24(19-29-18-20)34-28-17-26-23(16-27(28)33)15-25(22-10-6-5-7-11-22)31(26)13-9-4-3-8-12-30-21(2)32/h5-7,10-11,14-19,33H,3-4,8-9,12-13H2,1-2H3,(H,30,32). The first-order valence-corrected chi connectivity index (χ1v) is 11.8. The number of aromatic hydroxyl groups is 1. The van der Waals surface area contributed by atoms with E-state index in [1.54, 1.807) is 25.4 Å². The number of benzene rings is 2. The van der Waals surface area contributed by atoms with Crippen molar-refractivity contribution in [3.8, 4) is 28.5 Å². The lowest BCUT2D eigenvalue weighted by atomic mass is 10.1. The van der Waals surface area contributed by atoms with E-state index in [0.29, 0.717) is 11.5 Å². The van der Waals surface area contributed by atoms with E-state index < -0.39 is 0 Å². The second-order valence-corrected chi connectivity index (χ2v) is 8.62. The topological polar surface area (TPSA) is 76.4 Å². The second kappa shape index (κ2) is 10.9. The molecule has 0 aliphatic heterocycles. The fraction of sp³-hybridized carbons (Fsp3) is 0.286. The normalized spacial score (nSPS) is 11.0. The molecule has 4 rings (SSSR count). The van der Waals surface area contributed by atoms with Gasteiger partial charge in [0.1, 0.15) is 5.75 Å². The third-order valence-electron chi connectivity index (χ3n) is 5.81. The predicted molar refractivity (Wildman–Crippen MR) is 135 cm³/mol. The van der Waals surface area contributed by atoms with Crippen LogP contribution in [0.15, 0.2) is 67.0 Å². The van der Waals surface area contributed by atoms with E-state index in [4.69, 9.17) is 4.74 Å². The lowest BCUT2D eigenvalue weighted by molar-refractivity contribution is -0.118. The highest BCUT2D eigenvalue weighted by molar-refractivity contribution is 5.89. The molecular weight excluding hydrogens is 426 g/mol. The molecule has 2 heterocycles. The van der Waals surface area contributed by atoms with Crippen LogP contribution in [0.2, 0.25) is 0 Å². The Morgan fingerprint density at radius 1 is 1.03 bits per heavy atom. The van der Waals surface area contributed by atoms with Crippen LogP contribution in [0.3, 0.4) is 0 Å².